The van der Waals surface area contributed by atoms with Gasteiger partial charge in [0.05, 0.1) is 18.2 Å². The number of furan rings is 1. The van der Waals surface area contributed by atoms with Crippen LogP contribution >= 0.6 is 0 Å². The predicted molar refractivity (Wildman–Crippen MR) is 114 cm³/mol. The third kappa shape index (κ3) is 3.47. The van der Waals surface area contributed by atoms with Crippen LogP contribution in [0.1, 0.15) is 42.0 Å². The van der Waals surface area contributed by atoms with Crippen LogP contribution in [0.5, 0.6) is 5.75 Å². The molecule has 0 spiro atoms. The Morgan fingerprint density at radius 3 is 2.55 bits per heavy atom. The number of hydrogen-bond acceptors (Lipinski definition) is 4. The maximum absolute atomic E-state index is 12.9. The number of aliphatic imine (C=N–C) groups is 1. The lowest BCUT2D eigenvalue weighted by Crippen LogP contribution is -2.28. The van der Waals surface area contributed by atoms with Crippen molar-refractivity contribution in [2.75, 3.05) is 4.90 Å². The average molecular weight is 386 g/mol. The van der Waals surface area contributed by atoms with Gasteiger partial charge in [-0.25, -0.2) is 0 Å². The fraction of sp³-hybridized carbons (Fsp3) is 0.167. The fourth-order valence-corrected chi connectivity index (χ4v) is 3.48. The van der Waals surface area contributed by atoms with Crippen molar-refractivity contribution in [2.24, 2.45) is 4.99 Å². The predicted octanol–water partition coefficient (Wildman–Crippen LogP) is 5.25. The van der Waals surface area contributed by atoms with Gasteiger partial charge in [0.15, 0.2) is 0 Å². The molecular formula is C24H22N2O3. The van der Waals surface area contributed by atoms with Gasteiger partial charge in [0.25, 0.3) is 5.91 Å². The first-order valence-electron chi connectivity index (χ1n) is 9.51. The molecule has 0 radical (unpaired) electrons. The Hall–Kier alpha value is -3.60. The molecule has 0 bridgehead atoms. The van der Waals surface area contributed by atoms with E-state index in [2.05, 4.69) is 4.99 Å². The van der Waals surface area contributed by atoms with Gasteiger partial charge in [0.1, 0.15) is 17.3 Å². The molecule has 0 aliphatic carbocycles. The molecule has 5 nitrogen and oxygen atoms in total. The molecule has 1 N–H and O–H groups in total. The van der Waals surface area contributed by atoms with Crippen LogP contribution in [0.15, 0.2) is 76.2 Å². The molecule has 5 heteroatoms. The summed E-state index contributed by atoms with van der Waals surface area (Å²) in [5, 5.41) is 10.4. The second-order valence-electron chi connectivity index (χ2n) is 7.38. The van der Waals surface area contributed by atoms with Crippen LogP contribution in [0.2, 0.25) is 0 Å². The molecule has 0 saturated carbocycles. The van der Waals surface area contributed by atoms with Crippen LogP contribution in [-0.4, -0.2) is 16.8 Å². The van der Waals surface area contributed by atoms with Gasteiger partial charge in [-0.2, -0.15) is 4.99 Å². The molecule has 3 aromatic rings. The topological polar surface area (TPSA) is 66.0 Å². The third-order valence-electron chi connectivity index (χ3n) is 4.97. The van der Waals surface area contributed by atoms with Crippen LogP contribution in [0, 0.1) is 6.92 Å². The first-order chi connectivity index (χ1) is 14.0. The van der Waals surface area contributed by atoms with Gasteiger partial charge < -0.3 is 9.52 Å². The summed E-state index contributed by atoms with van der Waals surface area (Å²) >= 11 is 0. The molecule has 2 heterocycles. The monoisotopic (exact) mass is 386 g/mol. The zero-order valence-corrected chi connectivity index (χ0v) is 16.6. The van der Waals surface area contributed by atoms with Crippen molar-refractivity contribution < 1.29 is 14.3 Å². The highest BCUT2D eigenvalue weighted by molar-refractivity contribution is 6.28. The van der Waals surface area contributed by atoms with Gasteiger partial charge in [0, 0.05) is 11.1 Å². The Balaban J connectivity index is 1.93. The summed E-state index contributed by atoms with van der Waals surface area (Å²) in [6.45, 7) is 5.97. The highest BCUT2D eigenvalue weighted by Crippen LogP contribution is 2.37. The lowest BCUT2D eigenvalue weighted by Gasteiger charge is -2.25. The minimum Gasteiger partial charge on any atom is -0.508 e. The number of aromatic hydroxyl groups is 1. The maximum atomic E-state index is 12.9. The summed E-state index contributed by atoms with van der Waals surface area (Å²) in [6, 6.07) is 15.1. The molecule has 1 amide bonds. The molecule has 146 valence electrons. The van der Waals surface area contributed by atoms with E-state index < -0.39 is 0 Å². The highest BCUT2D eigenvalue weighted by atomic mass is 16.3. The van der Waals surface area contributed by atoms with E-state index in [-0.39, 0.29) is 17.6 Å². The van der Waals surface area contributed by atoms with Gasteiger partial charge in [0.2, 0.25) is 0 Å². The first kappa shape index (κ1) is 18.7. The third-order valence-corrected chi connectivity index (χ3v) is 4.97. The molecular weight excluding hydrogens is 364 g/mol. The largest absolute Gasteiger partial charge is 0.508 e. The SMILES string of the molecule is Cc1cc(O)c(C(C)C)cc1N1C(c2ccccc2)=NC(=O)/C1=C/c1ccoc1. The summed E-state index contributed by atoms with van der Waals surface area (Å²) in [5.74, 6) is 0.633. The number of rotatable bonds is 4. The van der Waals surface area contributed by atoms with E-state index in [1.165, 1.54) is 0 Å². The standard InChI is InChI=1S/C24H22N2O3/c1-15(2)19-13-20(16(3)11-22(19)27)26-21(12-17-9-10-29-14-17)24(28)25-23(26)18-7-5-4-6-8-18/h4-15,27H,1-3H3/b21-12-. The minimum absolute atomic E-state index is 0.131. The molecule has 1 aliphatic rings. The Bertz CT molecular complexity index is 1110. The molecule has 0 unspecified atom stereocenters. The van der Waals surface area contributed by atoms with Crippen molar-refractivity contribution in [3.8, 4) is 5.75 Å². The van der Waals surface area contributed by atoms with Crippen molar-refractivity contribution in [3.05, 3.63) is 89.0 Å². The molecule has 0 atom stereocenters. The van der Waals surface area contributed by atoms with Crippen LogP contribution in [0.25, 0.3) is 6.08 Å². The van der Waals surface area contributed by atoms with Crippen LogP contribution in [-0.2, 0) is 4.79 Å². The summed E-state index contributed by atoms with van der Waals surface area (Å²) in [4.78, 5) is 19.1. The Morgan fingerprint density at radius 1 is 1.14 bits per heavy atom. The molecule has 0 saturated heterocycles. The number of phenols is 1. The van der Waals surface area contributed by atoms with E-state index in [1.54, 1.807) is 30.7 Å². The number of anilines is 1. The number of amidine groups is 1. The fourth-order valence-electron chi connectivity index (χ4n) is 3.48. The number of benzene rings is 2. The summed E-state index contributed by atoms with van der Waals surface area (Å²) in [6.07, 6.45) is 4.92. The number of carbonyl (C=O) groups is 1. The Labute approximate surface area is 169 Å². The van der Waals surface area contributed by atoms with Gasteiger partial charge >= 0.3 is 0 Å². The van der Waals surface area contributed by atoms with Crippen molar-refractivity contribution in [3.63, 3.8) is 0 Å². The van der Waals surface area contributed by atoms with E-state index in [1.807, 2.05) is 62.1 Å². The van der Waals surface area contributed by atoms with Crippen molar-refractivity contribution >= 4 is 23.5 Å². The highest BCUT2D eigenvalue weighted by Gasteiger charge is 2.33. The van der Waals surface area contributed by atoms with Gasteiger partial charge in [-0.1, -0.05) is 44.2 Å². The van der Waals surface area contributed by atoms with Gasteiger partial charge in [-0.15, -0.1) is 0 Å². The number of hydrogen-bond donors (Lipinski definition) is 1. The van der Waals surface area contributed by atoms with Gasteiger partial charge in [-0.05, 0) is 48.2 Å². The molecule has 29 heavy (non-hydrogen) atoms. The first-order valence-corrected chi connectivity index (χ1v) is 9.51. The number of carbonyl (C=O) groups excluding carboxylic acids is 1. The van der Waals surface area contributed by atoms with Crippen molar-refractivity contribution in [2.45, 2.75) is 26.7 Å². The molecule has 1 aromatic heterocycles. The van der Waals surface area contributed by atoms with E-state index in [9.17, 15) is 9.90 Å². The smallest absolute Gasteiger partial charge is 0.296 e. The average Bonchev–Trinajstić information content (AvgIpc) is 3.31. The van der Waals surface area contributed by atoms with Crippen LogP contribution in [0.3, 0.4) is 0 Å². The second-order valence-corrected chi connectivity index (χ2v) is 7.38. The van der Waals surface area contributed by atoms with E-state index in [0.717, 1.165) is 27.9 Å². The van der Waals surface area contributed by atoms with Crippen LogP contribution in [0.4, 0.5) is 5.69 Å². The Morgan fingerprint density at radius 2 is 1.90 bits per heavy atom. The summed E-state index contributed by atoms with van der Waals surface area (Å²) < 4.78 is 5.16. The molecule has 1 aliphatic heterocycles. The normalized spacial score (nSPS) is 15.4. The summed E-state index contributed by atoms with van der Waals surface area (Å²) in [5.41, 5.74) is 4.55. The number of aryl methyl sites for hydroxylation is 1. The zero-order valence-electron chi connectivity index (χ0n) is 16.6. The zero-order chi connectivity index (χ0) is 20.5. The molecule has 4 rings (SSSR count). The second kappa shape index (κ2) is 7.43. The van der Waals surface area contributed by atoms with E-state index in [4.69, 9.17) is 4.42 Å². The lowest BCUT2D eigenvalue weighted by atomic mass is 9.98. The van der Waals surface area contributed by atoms with E-state index in [0.29, 0.717) is 11.5 Å². The quantitative estimate of drug-likeness (QED) is 0.622. The van der Waals surface area contributed by atoms with Gasteiger partial charge in [-0.3, -0.25) is 9.69 Å². The van der Waals surface area contributed by atoms with Crippen molar-refractivity contribution in [1.82, 2.24) is 0 Å². The molecule has 2 aromatic carbocycles. The number of phenolic OH excluding ortho intramolecular Hbond substituents is 1. The van der Waals surface area contributed by atoms with Crippen molar-refractivity contribution in [1.29, 1.82) is 0 Å². The lowest BCUT2D eigenvalue weighted by molar-refractivity contribution is -0.113. The minimum atomic E-state index is -0.316. The number of amides is 1. The number of nitrogens with zero attached hydrogens (tertiary/aromatic N) is 2. The maximum Gasteiger partial charge on any atom is 0.296 e. The van der Waals surface area contributed by atoms with E-state index >= 15 is 0 Å². The molecule has 0 fully saturated rings. The Kier molecular flexibility index (Phi) is 4.80. The summed E-state index contributed by atoms with van der Waals surface area (Å²) in [7, 11) is 0. The van der Waals surface area contributed by atoms with Crippen LogP contribution < -0.4 is 4.90 Å².